The second-order valence-electron chi connectivity index (χ2n) is 8.16. The monoisotopic (exact) mass is 318 g/mol. The van der Waals surface area contributed by atoms with Crippen molar-refractivity contribution >= 4 is 8.07 Å². The second-order valence-corrected chi connectivity index (χ2v) is 14.3. The van der Waals surface area contributed by atoms with Crippen LogP contribution in [0.3, 0.4) is 0 Å². The largest absolute Gasteiger partial charge is 0.497 e. The van der Waals surface area contributed by atoms with Crippen molar-refractivity contribution in [2.24, 2.45) is 5.92 Å². The molecular formula is C20H34OSi. The molecule has 0 aliphatic heterocycles. The highest BCUT2D eigenvalue weighted by Gasteiger charge is 2.49. The van der Waals surface area contributed by atoms with Gasteiger partial charge in [0.15, 0.2) is 0 Å². The average molecular weight is 319 g/mol. The van der Waals surface area contributed by atoms with Crippen molar-refractivity contribution in [1.82, 2.24) is 0 Å². The van der Waals surface area contributed by atoms with Crippen molar-refractivity contribution in [2.45, 2.75) is 76.5 Å². The third-order valence-corrected chi connectivity index (χ3v) is 14.0. The number of methoxy groups -OCH3 is 1. The molecule has 0 amide bonds. The molecule has 2 rings (SSSR count). The van der Waals surface area contributed by atoms with E-state index in [1.807, 2.05) is 0 Å². The van der Waals surface area contributed by atoms with Crippen LogP contribution in [0.25, 0.3) is 0 Å². The van der Waals surface area contributed by atoms with Crippen molar-refractivity contribution in [2.75, 3.05) is 7.11 Å². The molecule has 0 aromatic heterocycles. The lowest BCUT2D eigenvalue weighted by Gasteiger charge is -2.43. The number of hydrogen-bond acceptors (Lipinski definition) is 1. The molecule has 1 nitrogen and oxygen atoms in total. The lowest BCUT2D eigenvalue weighted by molar-refractivity contribution is 0.414. The maximum absolute atomic E-state index is 5.28. The quantitative estimate of drug-likeness (QED) is 0.523. The first kappa shape index (κ1) is 17.6. The minimum atomic E-state index is -1.25. The lowest BCUT2D eigenvalue weighted by Crippen LogP contribution is -2.44. The summed E-state index contributed by atoms with van der Waals surface area (Å²) in [5, 5.41) is 0. The van der Waals surface area contributed by atoms with Gasteiger partial charge in [-0.2, -0.15) is 0 Å². The van der Waals surface area contributed by atoms with Gasteiger partial charge in [-0.1, -0.05) is 76.3 Å². The SMILES string of the molecule is COc1ccc([C@H]2C[C@H]2C[Si](C(C)C)(C(C)C)C(C)C)cc1. The van der Waals surface area contributed by atoms with E-state index in [-0.39, 0.29) is 0 Å². The van der Waals surface area contributed by atoms with Crippen molar-refractivity contribution in [3.05, 3.63) is 29.8 Å². The molecule has 1 aliphatic carbocycles. The van der Waals surface area contributed by atoms with Gasteiger partial charge in [-0.3, -0.25) is 0 Å². The molecule has 2 atom stereocenters. The predicted octanol–water partition coefficient (Wildman–Crippen LogP) is 6.48. The number of hydrogen-bond donors (Lipinski definition) is 0. The van der Waals surface area contributed by atoms with Crippen molar-refractivity contribution in [3.63, 3.8) is 0 Å². The van der Waals surface area contributed by atoms with Gasteiger partial charge in [-0.05, 0) is 36.0 Å². The molecule has 1 aliphatic rings. The van der Waals surface area contributed by atoms with Crippen molar-refractivity contribution in [1.29, 1.82) is 0 Å². The van der Waals surface area contributed by atoms with E-state index in [9.17, 15) is 0 Å². The van der Waals surface area contributed by atoms with Crippen molar-refractivity contribution < 1.29 is 4.74 Å². The Morgan fingerprint density at radius 1 is 0.955 bits per heavy atom. The first-order chi connectivity index (χ1) is 10.3. The molecule has 0 spiro atoms. The fourth-order valence-electron chi connectivity index (χ4n) is 4.89. The first-order valence-corrected chi connectivity index (χ1v) is 11.4. The summed E-state index contributed by atoms with van der Waals surface area (Å²) in [6.45, 7) is 14.9. The maximum Gasteiger partial charge on any atom is 0.118 e. The summed E-state index contributed by atoms with van der Waals surface area (Å²) >= 11 is 0. The fraction of sp³-hybridized carbons (Fsp3) is 0.700. The van der Waals surface area contributed by atoms with Gasteiger partial charge >= 0.3 is 0 Å². The van der Waals surface area contributed by atoms with Crippen LogP contribution in [0.1, 0.15) is 59.4 Å². The molecule has 0 saturated heterocycles. The number of ether oxygens (including phenoxy) is 1. The second kappa shape index (κ2) is 6.78. The number of benzene rings is 1. The van der Waals surface area contributed by atoms with Crippen LogP contribution in [0.4, 0.5) is 0 Å². The van der Waals surface area contributed by atoms with Crippen LogP contribution in [0.15, 0.2) is 24.3 Å². The van der Waals surface area contributed by atoms with E-state index in [0.717, 1.165) is 34.2 Å². The van der Waals surface area contributed by atoms with E-state index in [1.165, 1.54) is 18.0 Å². The first-order valence-electron chi connectivity index (χ1n) is 8.96. The van der Waals surface area contributed by atoms with Gasteiger partial charge in [0.1, 0.15) is 5.75 Å². The highest BCUT2D eigenvalue weighted by atomic mass is 28.3. The van der Waals surface area contributed by atoms with Crippen LogP contribution in [0.2, 0.25) is 22.7 Å². The summed E-state index contributed by atoms with van der Waals surface area (Å²) in [7, 11) is 0.494. The Hall–Kier alpha value is -0.763. The Morgan fingerprint density at radius 2 is 1.45 bits per heavy atom. The Kier molecular flexibility index (Phi) is 5.42. The molecule has 1 fully saturated rings. The van der Waals surface area contributed by atoms with E-state index in [1.54, 1.807) is 7.11 Å². The Balaban J connectivity index is 2.10. The average Bonchev–Trinajstić information content (AvgIpc) is 3.22. The van der Waals surface area contributed by atoms with Crippen LogP contribution < -0.4 is 4.74 Å². The summed E-state index contributed by atoms with van der Waals surface area (Å²) in [5.41, 5.74) is 4.16. The molecule has 0 radical (unpaired) electrons. The van der Waals surface area contributed by atoms with Crippen LogP contribution >= 0.6 is 0 Å². The number of rotatable bonds is 7. The Morgan fingerprint density at radius 3 is 1.86 bits per heavy atom. The van der Waals surface area contributed by atoms with Crippen LogP contribution in [-0.4, -0.2) is 15.2 Å². The molecule has 22 heavy (non-hydrogen) atoms. The van der Waals surface area contributed by atoms with Gasteiger partial charge in [0.2, 0.25) is 0 Å². The topological polar surface area (TPSA) is 9.23 Å². The molecule has 0 N–H and O–H groups in total. The molecule has 0 heterocycles. The van der Waals surface area contributed by atoms with Crippen molar-refractivity contribution in [3.8, 4) is 5.75 Å². The summed E-state index contributed by atoms with van der Waals surface area (Å²) in [4.78, 5) is 0. The van der Waals surface area contributed by atoms with Gasteiger partial charge in [-0.15, -0.1) is 0 Å². The molecular weight excluding hydrogens is 284 g/mol. The lowest BCUT2D eigenvalue weighted by atomic mass is 10.1. The molecule has 124 valence electrons. The third-order valence-electron chi connectivity index (χ3n) is 6.31. The van der Waals surface area contributed by atoms with Crippen LogP contribution in [0, 0.1) is 5.92 Å². The summed E-state index contributed by atoms with van der Waals surface area (Å²) in [6.07, 6.45) is 1.40. The van der Waals surface area contributed by atoms with E-state index < -0.39 is 8.07 Å². The van der Waals surface area contributed by atoms with Crippen LogP contribution in [0.5, 0.6) is 5.75 Å². The molecule has 1 saturated carbocycles. The van der Waals surface area contributed by atoms with E-state index >= 15 is 0 Å². The maximum atomic E-state index is 5.28. The zero-order valence-corrected chi connectivity index (χ0v) is 16.5. The highest BCUT2D eigenvalue weighted by molar-refractivity contribution is 6.83. The molecule has 1 aromatic rings. The summed E-state index contributed by atoms with van der Waals surface area (Å²) in [6, 6.07) is 10.3. The highest BCUT2D eigenvalue weighted by Crippen LogP contribution is 2.57. The summed E-state index contributed by atoms with van der Waals surface area (Å²) < 4.78 is 5.28. The van der Waals surface area contributed by atoms with Gasteiger partial charge in [0.05, 0.1) is 15.2 Å². The Bertz CT molecular complexity index is 453. The zero-order chi connectivity index (χ0) is 16.5. The standard InChI is InChI=1S/C20H34OSi/c1-14(2)22(15(3)4,16(5)6)13-18-12-20(18)17-8-10-19(21-7)11-9-17/h8-11,14-16,18,20H,12-13H2,1-7H3/t18-,20+/m0/s1. The molecule has 0 unspecified atom stereocenters. The minimum Gasteiger partial charge on any atom is -0.497 e. The van der Waals surface area contributed by atoms with Gasteiger partial charge in [0, 0.05) is 0 Å². The van der Waals surface area contributed by atoms with E-state index in [0.29, 0.717) is 0 Å². The van der Waals surface area contributed by atoms with E-state index in [2.05, 4.69) is 65.8 Å². The summed E-state index contributed by atoms with van der Waals surface area (Å²) in [5.74, 6) is 2.69. The fourth-order valence-corrected chi connectivity index (χ4v) is 11.7. The molecule has 1 aromatic carbocycles. The smallest absolute Gasteiger partial charge is 0.118 e. The molecule has 0 bridgehead atoms. The Labute approximate surface area is 138 Å². The van der Waals surface area contributed by atoms with E-state index in [4.69, 9.17) is 4.74 Å². The van der Waals surface area contributed by atoms with Crippen LogP contribution in [-0.2, 0) is 0 Å². The predicted molar refractivity (Wildman–Crippen MR) is 99.7 cm³/mol. The normalized spacial score (nSPS) is 21.7. The van der Waals surface area contributed by atoms with Gasteiger partial charge in [0.25, 0.3) is 0 Å². The molecule has 2 heteroatoms. The van der Waals surface area contributed by atoms with Gasteiger partial charge < -0.3 is 4.74 Å². The van der Waals surface area contributed by atoms with Gasteiger partial charge in [-0.25, -0.2) is 0 Å². The minimum absolute atomic E-state index is 0.800. The third kappa shape index (κ3) is 3.27. The zero-order valence-electron chi connectivity index (χ0n) is 15.5.